The van der Waals surface area contributed by atoms with Crippen molar-refractivity contribution in [2.24, 2.45) is 0 Å². The third kappa shape index (κ3) is 5.52. The highest BCUT2D eigenvalue weighted by molar-refractivity contribution is 5.56. The summed E-state index contributed by atoms with van der Waals surface area (Å²) in [5, 5.41) is 9.54. The van der Waals surface area contributed by atoms with Crippen molar-refractivity contribution in [3.63, 3.8) is 0 Å². The van der Waals surface area contributed by atoms with E-state index in [2.05, 4.69) is 72.6 Å². The lowest BCUT2D eigenvalue weighted by atomic mass is 9.86. The number of nitriles is 1. The van der Waals surface area contributed by atoms with Gasteiger partial charge < -0.3 is 8.83 Å². The highest BCUT2D eigenvalue weighted by Crippen LogP contribution is 2.36. The van der Waals surface area contributed by atoms with Crippen LogP contribution < -0.4 is 0 Å². The largest absolute Gasteiger partial charge is 0.441 e. The van der Waals surface area contributed by atoms with Gasteiger partial charge in [0.25, 0.3) is 0 Å². The van der Waals surface area contributed by atoms with Crippen molar-refractivity contribution in [1.82, 2.24) is 19.9 Å². The average molecular weight is 604 g/mol. The first kappa shape index (κ1) is 28.1. The Morgan fingerprint density at radius 3 is 2.20 bits per heavy atom. The van der Waals surface area contributed by atoms with Crippen LogP contribution in [0.4, 0.5) is 0 Å². The van der Waals surface area contributed by atoms with Crippen LogP contribution in [0, 0.1) is 18.3 Å². The molecule has 0 bridgehead atoms. The minimum Gasteiger partial charge on any atom is -0.441 e. The number of aryl methyl sites for hydroxylation is 3. The second kappa shape index (κ2) is 11.9. The van der Waals surface area contributed by atoms with Crippen LogP contribution in [-0.4, -0.2) is 19.9 Å². The van der Waals surface area contributed by atoms with Crippen molar-refractivity contribution < 1.29 is 8.83 Å². The van der Waals surface area contributed by atoms with Gasteiger partial charge in [0.1, 0.15) is 17.6 Å². The molecule has 2 unspecified atom stereocenters. The second-order valence-corrected chi connectivity index (χ2v) is 12.5. The zero-order chi connectivity index (χ0) is 31.0. The molecule has 7 heteroatoms. The number of pyridine rings is 2. The molecule has 226 valence electrons. The van der Waals surface area contributed by atoms with Crippen molar-refractivity contribution in [2.75, 3.05) is 0 Å². The van der Waals surface area contributed by atoms with E-state index in [0.29, 0.717) is 23.3 Å². The van der Waals surface area contributed by atoms with Crippen LogP contribution in [0.5, 0.6) is 0 Å². The first-order chi connectivity index (χ1) is 22.6. The summed E-state index contributed by atoms with van der Waals surface area (Å²) < 4.78 is 12.4. The number of aromatic nitrogens is 4. The summed E-state index contributed by atoms with van der Waals surface area (Å²) in [4.78, 5) is 19.2. The van der Waals surface area contributed by atoms with Crippen LogP contribution in [-0.2, 0) is 32.1 Å². The van der Waals surface area contributed by atoms with Gasteiger partial charge in [-0.1, -0.05) is 35.9 Å². The molecule has 2 aliphatic carbocycles. The van der Waals surface area contributed by atoms with E-state index in [1.165, 1.54) is 16.7 Å². The maximum Gasteiger partial charge on any atom is 0.226 e. The minimum atomic E-state index is 0.172. The van der Waals surface area contributed by atoms with Gasteiger partial charge in [0.2, 0.25) is 11.8 Å². The van der Waals surface area contributed by atoms with E-state index in [9.17, 15) is 5.26 Å². The number of rotatable bonds is 6. The van der Waals surface area contributed by atoms with Gasteiger partial charge in [-0.25, -0.2) is 9.97 Å². The topological polar surface area (TPSA) is 102 Å². The molecule has 8 rings (SSSR count). The van der Waals surface area contributed by atoms with E-state index < -0.39 is 0 Å². The molecule has 2 aromatic carbocycles. The van der Waals surface area contributed by atoms with E-state index in [4.69, 9.17) is 23.8 Å². The van der Waals surface area contributed by atoms with Gasteiger partial charge in [0, 0.05) is 66.7 Å². The molecule has 2 atom stereocenters. The number of nitrogens with zero attached hydrogens (tertiary/aromatic N) is 5. The SMILES string of the molecule is Cc1cccc(-c2nc3c(o2)CCC(c2ccc(Cc4cccc(-c5nc6c(o5)CCC(c5ncccc5C#N)C6)c4)cn2)C3)c1. The van der Waals surface area contributed by atoms with E-state index in [1.54, 1.807) is 6.20 Å². The van der Waals surface area contributed by atoms with Crippen LogP contribution in [0.3, 0.4) is 0 Å². The van der Waals surface area contributed by atoms with Crippen molar-refractivity contribution in [3.05, 3.63) is 142 Å². The van der Waals surface area contributed by atoms with Gasteiger partial charge >= 0.3 is 0 Å². The molecule has 0 fully saturated rings. The molecular formula is C39H33N5O2. The molecule has 0 aliphatic heterocycles. The molecule has 0 spiro atoms. The summed E-state index contributed by atoms with van der Waals surface area (Å²) >= 11 is 0. The normalized spacial score (nSPS) is 17.2. The lowest BCUT2D eigenvalue weighted by Crippen LogP contribution is -2.14. The Morgan fingerprint density at radius 1 is 0.761 bits per heavy atom. The number of oxazole rings is 2. The van der Waals surface area contributed by atoms with Gasteiger partial charge in [-0.2, -0.15) is 5.26 Å². The maximum atomic E-state index is 9.54. The fourth-order valence-electron chi connectivity index (χ4n) is 6.94. The molecule has 4 heterocycles. The van der Waals surface area contributed by atoms with Crippen molar-refractivity contribution in [3.8, 4) is 29.0 Å². The van der Waals surface area contributed by atoms with Crippen molar-refractivity contribution in [2.45, 2.75) is 63.7 Å². The van der Waals surface area contributed by atoms with Gasteiger partial charge in [0.15, 0.2) is 0 Å². The first-order valence-electron chi connectivity index (χ1n) is 16.0. The summed E-state index contributed by atoms with van der Waals surface area (Å²) in [5.41, 5.74) is 10.2. The molecule has 2 aliphatic rings. The van der Waals surface area contributed by atoms with Gasteiger partial charge in [-0.15, -0.1) is 0 Å². The molecule has 6 aromatic rings. The number of hydrogen-bond donors (Lipinski definition) is 0. The van der Waals surface area contributed by atoms with Crippen LogP contribution >= 0.6 is 0 Å². The maximum absolute atomic E-state index is 9.54. The summed E-state index contributed by atoms with van der Waals surface area (Å²) in [6, 6.07) is 27.0. The lowest BCUT2D eigenvalue weighted by Gasteiger charge is -2.20. The van der Waals surface area contributed by atoms with Crippen molar-refractivity contribution >= 4 is 0 Å². The Balaban J connectivity index is 0.941. The zero-order valence-corrected chi connectivity index (χ0v) is 25.7. The van der Waals surface area contributed by atoms with E-state index >= 15 is 0 Å². The summed E-state index contributed by atoms with van der Waals surface area (Å²) in [7, 11) is 0. The summed E-state index contributed by atoms with van der Waals surface area (Å²) in [5.74, 6) is 3.83. The second-order valence-electron chi connectivity index (χ2n) is 12.5. The molecule has 7 nitrogen and oxygen atoms in total. The fraction of sp³-hybridized carbons (Fsp3) is 0.256. The standard InChI is InChI=1S/C39H33N5O2/c1-24-5-2-7-29(17-24)38-43-33-20-27(11-14-35(33)45-38)32-13-10-26(23-42-32)18-25-6-3-8-30(19-25)39-44-34-21-28(12-15-36(34)46-39)37-31(22-40)9-4-16-41-37/h2-10,13,16-17,19,23,27-28H,11-12,14-15,18,20-21H2,1H3. The van der Waals surface area contributed by atoms with E-state index in [0.717, 1.165) is 90.4 Å². The van der Waals surface area contributed by atoms with Crippen LogP contribution in [0.2, 0.25) is 0 Å². The first-order valence-corrected chi connectivity index (χ1v) is 16.0. The molecule has 4 aromatic heterocycles. The van der Waals surface area contributed by atoms with Crippen LogP contribution in [0.1, 0.15) is 81.2 Å². The molecule has 46 heavy (non-hydrogen) atoms. The minimum absolute atomic E-state index is 0.172. The van der Waals surface area contributed by atoms with E-state index in [-0.39, 0.29) is 5.92 Å². The Kier molecular flexibility index (Phi) is 7.26. The van der Waals surface area contributed by atoms with Gasteiger partial charge in [0.05, 0.1) is 22.6 Å². The number of fused-ring (bicyclic) bond motifs is 2. The third-order valence-electron chi connectivity index (χ3n) is 9.33. The molecule has 0 N–H and O–H groups in total. The quantitative estimate of drug-likeness (QED) is 0.190. The Labute approximate surface area is 268 Å². The molecule has 0 saturated heterocycles. The van der Waals surface area contributed by atoms with Crippen LogP contribution in [0.15, 0.2) is 94.0 Å². The third-order valence-corrected chi connectivity index (χ3v) is 9.33. The molecular weight excluding hydrogens is 570 g/mol. The molecule has 0 saturated carbocycles. The average Bonchev–Trinajstić information content (AvgIpc) is 3.73. The predicted octanol–water partition coefficient (Wildman–Crippen LogP) is 8.10. The monoisotopic (exact) mass is 603 g/mol. The Hall–Kier alpha value is -5.35. The Bertz CT molecular complexity index is 2080. The highest BCUT2D eigenvalue weighted by atomic mass is 16.4. The zero-order valence-electron chi connectivity index (χ0n) is 25.7. The summed E-state index contributed by atoms with van der Waals surface area (Å²) in [6.07, 6.45) is 9.70. The van der Waals surface area contributed by atoms with Crippen molar-refractivity contribution in [1.29, 1.82) is 5.26 Å². The van der Waals surface area contributed by atoms with Gasteiger partial charge in [-0.3, -0.25) is 9.97 Å². The molecule has 0 radical (unpaired) electrons. The lowest BCUT2D eigenvalue weighted by molar-refractivity contribution is 0.461. The highest BCUT2D eigenvalue weighted by Gasteiger charge is 2.28. The molecule has 0 amide bonds. The number of benzene rings is 2. The summed E-state index contributed by atoms with van der Waals surface area (Å²) in [6.45, 7) is 2.09. The fourth-order valence-corrected chi connectivity index (χ4v) is 6.94. The van der Waals surface area contributed by atoms with E-state index in [1.807, 2.05) is 24.4 Å². The van der Waals surface area contributed by atoms with Crippen LogP contribution in [0.25, 0.3) is 22.9 Å². The number of hydrogen-bond acceptors (Lipinski definition) is 7. The Morgan fingerprint density at radius 2 is 1.48 bits per heavy atom. The smallest absolute Gasteiger partial charge is 0.226 e. The predicted molar refractivity (Wildman–Crippen MR) is 174 cm³/mol. The van der Waals surface area contributed by atoms with Gasteiger partial charge in [-0.05, 0) is 79.8 Å².